The van der Waals surface area contributed by atoms with E-state index in [0.717, 1.165) is 29.5 Å². The number of fused-ring (bicyclic) bond motifs is 3. The van der Waals surface area contributed by atoms with E-state index in [0.29, 0.717) is 17.9 Å². The van der Waals surface area contributed by atoms with Crippen LogP contribution in [0.25, 0.3) is 11.0 Å². The molecular formula is C18H24ClN3O2. The topological polar surface area (TPSA) is 81.1 Å². The molecule has 2 bridgehead atoms. The summed E-state index contributed by atoms with van der Waals surface area (Å²) in [7, 11) is 0. The molecule has 2 saturated carbocycles. The number of nitrogens with one attached hydrogen (secondary N) is 1. The van der Waals surface area contributed by atoms with Crippen molar-refractivity contribution >= 4 is 29.3 Å². The number of benzene rings is 1. The van der Waals surface area contributed by atoms with Crippen molar-refractivity contribution in [3.05, 3.63) is 30.0 Å². The van der Waals surface area contributed by atoms with Crippen molar-refractivity contribution in [1.29, 1.82) is 0 Å². The van der Waals surface area contributed by atoms with Gasteiger partial charge in [0.05, 0.1) is 6.42 Å². The number of nitrogens with two attached hydrogens (primary N) is 1. The number of carbonyl (C=O) groups is 1. The maximum atomic E-state index is 12.5. The van der Waals surface area contributed by atoms with Crippen molar-refractivity contribution in [2.75, 3.05) is 0 Å². The van der Waals surface area contributed by atoms with Crippen LogP contribution >= 0.6 is 12.4 Å². The van der Waals surface area contributed by atoms with E-state index in [9.17, 15) is 4.79 Å². The maximum Gasteiger partial charge on any atom is 0.226 e. The number of aromatic nitrogens is 1. The number of carbonyl (C=O) groups excluding carboxylic acids is 1. The zero-order valence-electron chi connectivity index (χ0n) is 13.6. The van der Waals surface area contributed by atoms with Crippen molar-refractivity contribution in [3.63, 3.8) is 0 Å². The van der Waals surface area contributed by atoms with Gasteiger partial charge >= 0.3 is 0 Å². The molecule has 1 aromatic carbocycles. The van der Waals surface area contributed by atoms with Gasteiger partial charge in [-0.2, -0.15) is 0 Å². The zero-order valence-corrected chi connectivity index (χ0v) is 14.4. The first-order chi connectivity index (χ1) is 11.2. The minimum absolute atomic E-state index is 0. The Morgan fingerprint density at radius 2 is 1.96 bits per heavy atom. The summed E-state index contributed by atoms with van der Waals surface area (Å²) in [4.78, 5) is 12.5. The third kappa shape index (κ3) is 3.28. The summed E-state index contributed by atoms with van der Waals surface area (Å²) in [5.41, 5.74) is 7.61. The van der Waals surface area contributed by atoms with Crippen LogP contribution in [0.4, 0.5) is 0 Å². The van der Waals surface area contributed by atoms with E-state index in [-0.39, 0.29) is 30.8 Å². The average molecular weight is 350 g/mol. The van der Waals surface area contributed by atoms with Gasteiger partial charge in [0.25, 0.3) is 0 Å². The number of rotatable bonds is 3. The van der Waals surface area contributed by atoms with Gasteiger partial charge in [-0.05, 0) is 49.7 Å². The molecule has 2 aliphatic carbocycles. The van der Waals surface area contributed by atoms with Crippen molar-refractivity contribution < 1.29 is 9.32 Å². The first kappa shape index (κ1) is 17.2. The minimum Gasteiger partial charge on any atom is -0.356 e. The molecule has 130 valence electrons. The molecule has 6 heteroatoms. The lowest BCUT2D eigenvalue weighted by molar-refractivity contribution is -0.122. The van der Waals surface area contributed by atoms with Gasteiger partial charge in [0.1, 0.15) is 5.69 Å². The highest BCUT2D eigenvalue weighted by Gasteiger charge is 2.39. The number of hydrogen-bond donors (Lipinski definition) is 2. The summed E-state index contributed by atoms with van der Waals surface area (Å²) >= 11 is 0. The lowest BCUT2D eigenvalue weighted by Crippen LogP contribution is -2.54. The Morgan fingerprint density at radius 3 is 2.71 bits per heavy atom. The number of para-hydroxylation sites is 1. The lowest BCUT2D eigenvalue weighted by Gasteiger charge is -2.45. The highest BCUT2D eigenvalue weighted by atomic mass is 35.5. The van der Waals surface area contributed by atoms with E-state index in [1.165, 1.54) is 19.3 Å². The number of nitrogens with zero attached hydrogens (tertiary/aromatic N) is 1. The molecule has 2 atom stereocenters. The van der Waals surface area contributed by atoms with Crippen LogP contribution in [-0.2, 0) is 11.2 Å². The van der Waals surface area contributed by atoms with Gasteiger partial charge in [-0.25, -0.2) is 0 Å². The van der Waals surface area contributed by atoms with Crippen LogP contribution in [0.5, 0.6) is 0 Å². The molecule has 0 radical (unpaired) electrons. The molecule has 2 aromatic rings. The molecule has 1 aromatic heterocycles. The smallest absolute Gasteiger partial charge is 0.226 e. The molecule has 1 heterocycles. The quantitative estimate of drug-likeness (QED) is 0.892. The minimum atomic E-state index is 0. The van der Waals surface area contributed by atoms with Gasteiger partial charge in [-0.15, -0.1) is 12.4 Å². The molecule has 5 nitrogen and oxygen atoms in total. The third-order valence-corrected chi connectivity index (χ3v) is 5.48. The fourth-order valence-corrected chi connectivity index (χ4v) is 4.48. The van der Waals surface area contributed by atoms with Crippen LogP contribution in [0.15, 0.2) is 28.8 Å². The molecule has 3 N–H and O–H groups in total. The summed E-state index contributed by atoms with van der Waals surface area (Å²) < 4.78 is 5.28. The molecule has 2 fully saturated rings. The molecule has 2 aliphatic rings. The van der Waals surface area contributed by atoms with Crippen LogP contribution in [0.2, 0.25) is 0 Å². The van der Waals surface area contributed by atoms with Crippen LogP contribution in [-0.4, -0.2) is 23.1 Å². The van der Waals surface area contributed by atoms with Crippen LogP contribution in [0.1, 0.15) is 37.8 Å². The molecule has 24 heavy (non-hydrogen) atoms. The van der Waals surface area contributed by atoms with E-state index in [1.54, 1.807) is 0 Å². The van der Waals surface area contributed by atoms with Crippen molar-refractivity contribution in [1.82, 2.24) is 10.5 Å². The van der Waals surface area contributed by atoms with Gasteiger partial charge in [0, 0.05) is 17.5 Å². The molecular weight excluding hydrogens is 326 g/mol. The lowest BCUT2D eigenvalue weighted by atomic mass is 9.67. The van der Waals surface area contributed by atoms with E-state index in [4.69, 9.17) is 10.3 Å². The Balaban J connectivity index is 0.00000169. The molecule has 1 amide bonds. The molecule has 0 saturated heterocycles. The summed E-state index contributed by atoms with van der Waals surface area (Å²) in [6, 6.07) is 8.25. The maximum absolute atomic E-state index is 12.5. The van der Waals surface area contributed by atoms with Crippen molar-refractivity contribution in [2.45, 2.75) is 50.6 Å². The van der Waals surface area contributed by atoms with Crippen molar-refractivity contribution in [3.8, 4) is 0 Å². The van der Waals surface area contributed by atoms with Crippen LogP contribution in [0, 0.1) is 11.8 Å². The third-order valence-electron chi connectivity index (χ3n) is 5.48. The first-order valence-electron chi connectivity index (χ1n) is 8.59. The van der Waals surface area contributed by atoms with Gasteiger partial charge in [-0.3, -0.25) is 4.79 Å². The van der Waals surface area contributed by atoms with Gasteiger partial charge in [0.2, 0.25) is 5.91 Å². The van der Waals surface area contributed by atoms with E-state index >= 15 is 0 Å². The highest BCUT2D eigenvalue weighted by Crippen LogP contribution is 2.39. The predicted octanol–water partition coefficient (Wildman–Crippen LogP) is 2.81. The summed E-state index contributed by atoms with van der Waals surface area (Å²) in [6.07, 6.45) is 5.98. The molecule has 0 spiro atoms. The zero-order chi connectivity index (χ0) is 15.8. The second-order valence-corrected chi connectivity index (χ2v) is 7.08. The standard InChI is InChI=1S/C18H23N3O2.ClH/c19-13-8-11-4-3-5-12(9-13)18(11)20-17(22)10-15-14-6-1-2-7-16(14)23-21-15;/h1-2,6-7,11-13,18H,3-5,8-10,19H2,(H,20,22);1H. The van der Waals surface area contributed by atoms with Gasteiger partial charge in [0.15, 0.2) is 5.58 Å². The Morgan fingerprint density at radius 1 is 1.25 bits per heavy atom. The van der Waals surface area contributed by atoms with Gasteiger partial charge in [-0.1, -0.05) is 23.7 Å². The Labute approximate surface area is 147 Å². The summed E-state index contributed by atoms with van der Waals surface area (Å²) in [5, 5.41) is 8.25. The SMILES string of the molecule is Cl.NC1CC2CCCC(C1)C2NC(=O)Cc1noc2ccccc12. The Kier molecular flexibility index (Phi) is 5.11. The summed E-state index contributed by atoms with van der Waals surface area (Å²) in [6.45, 7) is 0. The van der Waals surface area contributed by atoms with E-state index in [1.807, 2.05) is 24.3 Å². The van der Waals surface area contributed by atoms with Gasteiger partial charge < -0.3 is 15.6 Å². The fourth-order valence-electron chi connectivity index (χ4n) is 4.48. The molecule has 0 aliphatic heterocycles. The fraction of sp³-hybridized carbons (Fsp3) is 0.556. The van der Waals surface area contributed by atoms with E-state index < -0.39 is 0 Å². The predicted molar refractivity (Wildman–Crippen MR) is 94.9 cm³/mol. The average Bonchev–Trinajstić information content (AvgIpc) is 2.91. The largest absolute Gasteiger partial charge is 0.356 e. The van der Waals surface area contributed by atoms with E-state index in [2.05, 4.69) is 10.5 Å². The summed E-state index contributed by atoms with van der Waals surface area (Å²) in [5.74, 6) is 1.12. The normalized spacial score (nSPS) is 29.0. The highest BCUT2D eigenvalue weighted by molar-refractivity contribution is 5.86. The van der Waals surface area contributed by atoms with Crippen LogP contribution < -0.4 is 11.1 Å². The Bertz CT molecular complexity index is 703. The number of halogens is 1. The molecule has 4 rings (SSSR count). The van der Waals surface area contributed by atoms with Crippen molar-refractivity contribution in [2.24, 2.45) is 17.6 Å². The Hall–Kier alpha value is -1.59. The number of amides is 1. The molecule has 2 unspecified atom stereocenters. The monoisotopic (exact) mass is 349 g/mol. The number of hydrogen-bond acceptors (Lipinski definition) is 4. The first-order valence-corrected chi connectivity index (χ1v) is 8.59. The second kappa shape index (κ2) is 7.11. The second-order valence-electron chi connectivity index (χ2n) is 7.08. The van der Waals surface area contributed by atoms with Crippen LogP contribution in [0.3, 0.4) is 0 Å².